The Labute approximate surface area is 118 Å². The molecule has 3 rings (SSSR count). The topological polar surface area (TPSA) is 47.8 Å². The molecule has 0 N–H and O–H groups in total. The SMILES string of the molecule is O=c1c2c(Cl)cc(Cl)cc2ncn1-c1ccccn1. The van der Waals surface area contributed by atoms with Crippen molar-refractivity contribution in [3.63, 3.8) is 0 Å². The molecule has 0 aliphatic rings. The fraction of sp³-hybridized carbons (Fsp3) is 0. The van der Waals surface area contributed by atoms with Gasteiger partial charge in [0.2, 0.25) is 0 Å². The fourth-order valence-electron chi connectivity index (χ4n) is 1.83. The van der Waals surface area contributed by atoms with Crippen molar-refractivity contribution >= 4 is 34.1 Å². The fourth-order valence-corrected chi connectivity index (χ4v) is 2.39. The van der Waals surface area contributed by atoms with Crippen molar-refractivity contribution < 1.29 is 0 Å². The van der Waals surface area contributed by atoms with Crippen LogP contribution in [-0.4, -0.2) is 14.5 Å². The van der Waals surface area contributed by atoms with Gasteiger partial charge in [0.05, 0.1) is 15.9 Å². The number of rotatable bonds is 1. The minimum atomic E-state index is -0.273. The van der Waals surface area contributed by atoms with Crippen LogP contribution < -0.4 is 5.56 Å². The van der Waals surface area contributed by atoms with E-state index in [9.17, 15) is 4.79 Å². The van der Waals surface area contributed by atoms with E-state index >= 15 is 0 Å². The monoisotopic (exact) mass is 291 g/mol. The van der Waals surface area contributed by atoms with Gasteiger partial charge in [-0.1, -0.05) is 29.3 Å². The summed E-state index contributed by atoms with van der Waals surface area (Å²) < 4.78 is 1.35. The van der Waals surface area contributed by atoms with Crippen molar-refractivity contribution in [1.82, 2.24) is 14.5 Å². The number of pyridine rings is 1. The number of hydrogen-bond donors (Lipinski definition) is 0. The highest BCUT2D eigenvalue weighted by Crippen LogP contribution is 2.24. The first-order chi connectivity index (χ1) is 9.16. The van der Waals surface area contributed by atoms with E-state index in [2.05, 4.69) is 9.97 Å². The molecule has 0 bridgehead atoms. The van der Waals surface area contributed by atoms with Crippen molar-refractivity contribution in [2.24, 2.45) is 0 Å². The van der Waals surface area contributed by atoms with Crippen molar-refractivity contribution in [2.75, 3.05) is 0 Å². The van der Waals surface area contributed by atoms with Gasteiger partial charge in [0.15, 0.2) is 0 Å². The predicted octanol–water partition coefficient (Wildman–Crippen LogP) is 3.09. The number of fused-ring (bicyclic) bond motifs is 1. The lowest BCUT2D eigenvalue weighted by Gasteiger charge is -2.06. The number of aromatic nitrogens is 3. The van der Waals surface area contributed by atoms with Crippen LogP contribution in [0.25, 0.3) is 16.7 Å². The normalized spacial score (nSPS) is 10.8. The van der Waals surface area contributed by atoms with Gasteiger partial charge in [0, 0.05) is 11.2 Å². The first-order valence-electron chi connectivity index (χ1n) is 5.44. The zero-order chi connectivity index (χ0) is 13.4. The van der Waals surface area contributed by atoms with Crippen LogP contribution in [0, 0.1) is 0 Å². The summed E-state index contributed by atoms with van der Waals surface area (Å²) in [7, 11) is 0. The van der Waals surface area contributed by atoms with Gasteiger partial charge in [0.1, 0.15) is 12.1 Å². The molecule has 3 aromatic rings. The molecule has 0 atom stereocenters. The Morgan fingerprint density at radius 2 is 1.95 bits per heavy atom. The lowest BCUT2D eigenvalue weighted by atomic mass is 10.2. The molecule has 0 spiro atoms. The number of nitrogens with zero attached hydrogens (tertiary/aromatic N) is 3. The van der Waals surface area contributed by atoms with Gasteiger partial charge in [-0.3, -0.25) is 9.36 Å². The second-order valence-corrected chi connectivity index (χ2v) is 4.73. The molecule has 0 aliphatic carbocycles. The van der Waals surface area contributed by atoms with Gasteiger partial charge >= 0.3 is 0 Å². The second-order valence-electron chi connectivity index (χ2n) is 3.89. The highest BCUT2D eigenvalue weighted by Gasteiger charge is 2.10. The summed E-state index contributed by atoms with van der Waals surface area (Å²) in [6.07, 6.45) is 3.02. The summed E-state index contributed by atoms with van der Waals surface area (Å²) in [5.74, 6) is 0.493. The maximum atomic E-state index is 12.4. The lowest BCUT2D eigenvalue weighted by molar-refractivity contribution is 0.920. The molecule has 6 heteroatoms. The van der Waals surface area contributed by atoms with Crippen LogP contribution in [0.4, 0.5) is 0 Å². The Hall–Kier alpha value is -1.91. The Morgan fingerprint density at radius 3 is 2.68 bits per heavy atom. The lowest BCUT2D eigenvalue weighted by Crippen LogP contribution is -2.20. The van der Waals surface area contributed by atoms with Gasteiger partial charge in [-0.2, -0.15) is 0 Å². The van der Waals surface area contributed by atoms with Crippen LogP contribution >= 0.6 is 23.2 Å². The Bertz CT molecular complexity index is 815. The highest BCUT2D eigenvalue weighted by atomic mass is 35.5. The van der Waals surface area contributed by atoms with Crippen molar-refractivity contribution in [1.29, 1.82) is 0 Å². The number of hydrogen-bond acceptors (Lipinski definition) is 3. The molecule has 0 saturated heterocycles. The zero-order valence-corrected chi connectivity index (χ0v) is 11.1. The summed E-state index contributed by atoms with van der Waals surface area (Å²) >= 11 is 12.0. The van der Waals surface area contributed by atoms with E-state index in [0.29, 0.717) is 21.7 Å². The van der Waals surface area contributed by atoms with Crippen LogP contribution in [-0.2, 0) is 0 Å². The van der Waals surface area contributed by atoms with Gasteiger partial charge in [-0.15, -0.1) is 0 Å². The van der Waals surface area contributed by atoms with E-state index in [4.69, 9.17) is 23.2 Å². The largest absolute Gasteiger partial charge is 0.268 e. The average molecular weight is 292 g/mol. The minimum absolute atomic E-state index is 0.273. The van der Waals surface area contributed by atoms with Gasteiger partial charge < -0.3 is 0 Å². The quantitative estimate of drug-likeness (QED) is 0.692. The molecular formula is C13H7Cl2N3O. The summed E-state index contributed by atoms with van der Waals surface area (Å²) in [5, 5.41) is 1.06. The van der Waals surface area contributed by atoms with Crippen LogP contribution in [0.1, 0.15) is 0 Å². The third-order valence-electron chi connectivity index (χ3n) is 2.68. The van der Waals surface area contributed by atoms with E-state index in [1.165, 1.54) is 17.0 Å². The van der Waals surface area contributed by atoms with E-state index < -0.39 is 0 Å². The smallest absolute Gasteiger partial charge is 0.268 e. The van der Waals surface area contributed by atoms with E-state index in [0.717, 1.165) is 0 Å². The molecule has 0 aliphatic heterocycles. The minimum Gasteiger partial charge on any atom is -0.268 e. The molecule has 0 radical (unpaired) electrons. The van der Waals surface area contributed by atoms with Crippen molar-refractivity contribution in [2.45, 2.75) is 0 Å². The zero-order valence-electron chi connectivity index (χ0n) is 9.55. The first kappa shape index (κ1) is 12.1. The van der Waals surface area contributed by atoms with Crippen molar-refractivity contribution in [3.05, 3.63) is 63.3 Å². The molecule has 1 aromatic carbocycles. The van der Waals surface area contributed by atoms with Crippen LogP contribution in [0.2, 0.25) is 10.0 Å². The van der Waals surface area contributed by atoms with Crippen LogP contribution in [0.3, 0.4) is 0 Å². The van der Waals surface area contributed by atoms with E-state index in [1.54, 1.807) is 30.5 Å². The number of benzene rings is 1. The van der Waals surface area contributed by atoms with Crippen LogP contribution in [0.5, 0.6) is 0 Å². The molecule has 94 valence electrons. The summed E-state index contributed by atoms with van der Waals surface area (Å²) in [4.78, 5) is 20.7. The highest BCUT2D eigenvalue weighted by molar-refractivity contribution is 6.38. The molecule has 19 heavy (non-hydrogen) atoms. The Kier molecular flexibility index (Phi) is 2.97. The standard InChI is InChI=1S/C13H7Cl2N3O/c14-8-5-9(15)12-10(6-8)17-7-18(13(12)19)11-3-1-2-4-16-11/h1-7H. The summed E-state index contributed by atoms with van der Waals surface area (Å²) in [5.41, 5.74) is 0.194. The predicted molar refractivity (Wildman–Crippen MR) is 75.2 cm³/mol. The molecule has 4 nitrogen and oxygen atoms in total. The molecule has 0 saturated carbocycles. The molecule has 2 heterocycles. The molecule has 0 unspecified atom stereocenters. The van der Waals surface area contributed by atoms with Gasteiger partial charge in [0.25, 0.3) is 5.56 Å². The Balaban J connectivity index is 2.37. The summed E-state index contributed by atoms with van der Waals surface area (Å²) in [6, 6.07) is 8.42. The number of halogens is 2. The van der Waals surface area contributed by atoms with Crippen LogP contribution in [0.15, 0.2) is 47.7 Å². The average Bonchev–Trinajstić information content (AvgIpc) is 2.39. The summed E-state index contributed by atoms with van der Waals surface area (Å²) in [6.45, 7) is 0. The first-order valence-corrected chi connectivity index (χ1v) is 6.20. The van der Waals surface area contributed by atoms with E-state index in [-0.39, 0.29) is 10.6 Å². The van der Waals surface area contributed by atoms with Gasteiger partial charge in [-0.25, -0.2) is 9.97 Å². The van der Waals surface area contributed by atoms with Gasteiger partial charge in [-0.05, 0) is 24.3 Å². The maximum Gasteiger partial charge on any atom is 0.268 e. The third-order valence-corrected chi connectivity index (χ3v) is 3.19. The second kappa shape index (κ2) is 4.64. The third kappa shape index (κ3) is 2.09. The molecule has 2 aromatic heterocycles. The molecule has 0 amide bonds. The maximum absolute atomic E-state index is 12.4. The Morgan fingerprint density at radius 1 is 1.11 bits per heavy atom. The molecular weight excluding hydrogens is 285 g/mol. The molecule has 0 fully saturated rings. The van der Waals surface area contributed by atoms with Crippen molar-refractivity contribution in [3.8, 4) is 5.82 Å². The van der Waals surface area contributed by atoms with E-state index in [1.807, 2.05) is 0 Å².